The van der Waals surface area contributed by atoms with E-state index in [9.17, 15) is 4.79 Å². The summed E-state index contributed by atoms with van der Waals surface area (Å²) in [5, 5.41) is 6.88. The number of carbonyl (C=O) groups is 1. The lowest BCUT2D eigenvalue weighted by Crippen LogP contribution is -2.52. The maximum atomic E-state index is 11.9. The number of fused-ring (bicyclic) bond motifs is 3. The van der Waals surface area contributed by atoms with Crippen LogP contribution >= 0.6 is 23.2 Å². The Hall–Kier alpha value is -3.67. The lowest BCUT2D eigenvalue weighted by Gasteiger charge is -2.34. The van der Waals surface area contributed by atoms with Gasteiger partial charge in [0.1, 0.15) is 33.7 Å². The molecule has 3 aromatic rings. The Kier molecular flexibility index (Phi) is 7.50. The molecule has 5 rings (SSSR count). The van der Waals surface area contributed by atoms with Gasteiger partial charge in [-0.05, 0) is 12.5 Å². The quantitative estimate of drug-likeness (QED) is 0.414. The third kappa shape index (κ3) is 4.80. The molecule has 0 unspecified atom stereocenters. The number of carbonyl (C=O) groups excluding carboxylic acids is 1. The van der Waals surface area contributed by atoms with Crippen molar-refractivity contribution in [2.24, 2.45) is 0 Å². The van der Waals surface area contributed by atoms with Crippen molar-refractivity contribution in [3.63, 3.8) is 0 Å². The van der Waals surface area contributed by atoms with Gasteiger partial charge >= 0.3 is 0 Å². The van der Waals surface area contributed by atoms with E-state index in [1.807, 2.05) is 4.90 Å². The Morgan fingerprint density at radius 3 is 2.66 bits per heavy atom. The van der Waals surface area contributed by atoms with Crippen LogP contribution in [0, 0.1) is 0 Å². The number of rotatable bonds is 7. The lowest BCUT2D eigenvalue weighted by atomic mass is 10.0. The van der Waals surface area contributed by atoms with Gasteiger partial charge in [0.2, 0.25) is 11.9 Å². The second kappa shape index (κ2) is 11.0. The van der Waals surface area contributed by atoms with E-state index in [0.29, 0.717) is 76.4 Å². The standard InChI is InChI=1S/C25H25Cl2N7O4/c1-4-19(35)31-15-5-6-38-11-16(15)32-25-29-8-13-10-34(24-14(22(13)33-25)9-28-12-30-24)23-20(26)17(36-2)7-18(37-3)21(23)27/h4,7-9,12,15-16H,1,5-6,10-11H2,2-3H3,(H,31,35)(H,29,32,33)/t15-,16+/m0/s1. The fourth-order valence-electron chi connectivity index (χ4n) is 4.53. The molecule has 0 saturated carbocycles. The third-order valence-electron chi connectivity index (χ3n) is 6.40. The topological polar surface area (TPSA) is 124 Å². The zero-order valence-corrected chi connectivity index (χ0v) is 22.2. The van der Waals surface area contributed by atoms with Gasteiger partial charge in [-0.1, -0.05) is 29.8 Å². The number of ether oxygens (including phenoxy) is 3. The molecular weight excluding hydrogens is 533 g/mol. The number of amides is 1. The number of aromatic nitrogens is 4. The van der Waals surface area contributed by atoms with Gasteiger partial charge in [0.05, 0.1) is 56.4 Å². The zero-order valence-electron chi connectivity index (χ0n) is 20.7. The van der Waals surface area contributed by atoms with Gasteiger partial charge in [-0.3, -0.25) is 4.79 Å². The first-order valence-corrected chi connectivity index (χ1v) is 12.5. The summed E-state index contributed by atoms with van der Waals surface area (Å²) in [5.74, 6) is 1.53. The first-order valence-electron chi connectivity index (χ1n) is 11.8. The normalized spacial score (nSPS) is 18.2. The first kappa shape index (κ1) is 26.0. The van der Waals surface area contributed by atoms with E-state index >= 15 is 0 Å². The van der Waals surface area contributed by atoms with Crippen molar-refractivity contribution in [1.29, 1.82) is 0 Å². The predicted octanol–water partition coefficient (Wildman–Crippen LogP) is 3.78. The molecule has 0 aliphatic carbocycles. The second-order valence-electron chi connectivity index (χ2n) is 8.60. The van der Waals surface area contributed by atoms with Crippen LogP contribution in [0.15, 0.2) is 37.4 Å². The van der Waals surface area contributed by atoms with Crippen LogP contribution in [0.5, 0.6) is 11.5 Å². The molecule has 4 heterocycles. The maximum Gasteiger partial charge on any atom is 0.243 e. The Morgan fingerprint density at radius 2 is 1.95 bits per heavy atom. The summed E-state index contributed by atoms with van der Waals surface area (Å²) in [5.41, 5.74) is 2.63. The summed E-state index contributed by atoms with van der Waals surface area (Å²) in [6, 6.07) is 1.25. The van der Waals surface area contributed by atoms with Gasteiger partial charge in [0.15, 0.2) is 0 Å². The van der Waals surface area contributed by atoms with Crippen LogP contribution in [0.2, 0.25) is 10.0 Å². The third-order valence-corrected chi connectivity index (χ3v) is 7.13. The van der Waals surface area contributed by atoms with E-state index in [1.165, 1.54) is 26.6 Å². The number of benzene rings is 1. The molecule has 11 nitrogen and oxygen atoms in total. The van der Waals surface area contributed by atoms with Crippen LogP contribution in [-0.4, -0.2) is 65.4 Å². The average molecular weight is 558 g/mol. The molecule has 1 fully saturated rings. The number of hydrogen-bond donors (Lipinski definition) is 2. The van der Waals surface area contributed by atoms with Crippen molar-refractivity contribution in [2.45, 2.75) is 25.0 Å². The number of anilines is 3. The average Bonchev–Trinajstić information content (AvgIpc) is 2.94. The monoisotopic (exact) mass is 557 g/mol. The van der Waals surface area contributed by atoms with Crippen molar-refractivity contribution >= 4 is 46.6 Å². The molecule has 0 spiro atoms. The Bertz CT molecular complexity index is 1360. The first-order chi connectivity index (χ1) is 18.4. The number of halogens is 2. The lowest BCUT2D eigenvalue weighted by molar-refractivity contribution is -0.117. The molecule has 13 heteroatoms. The van der Waals surface area contributed by atoms with Crippen LogP contribution in [-0.2, 0) is 16.1 Å². The van der Waals surface area contributed by atoms with E-state index in [1.54, 1.807) is 18.5 Å². The van der Waals surface area contributed by atoms with E-state index < -0.39 is 0 Å². The van der Waals surface area contributed by atoms with Crippen molar-refractivity contribution in [3.8, 4) is 22.8 Å². The zero-order chi connectivity index (χ0) is 26.8. The summed E-state index contributed by atoms with van der Waals surface area (Å²) < 4.78 is 16.5. The summed E-state index contributed by atoms with van der Waals surface area (Å²) in [7, 11) is 3.04. The fourth-order valence-corrected chi connectivity index (χ4v) is 5.24. The van der Waals surface area contributed by atoms with E-state index in [4.69, 9.17) is 42.4 Å². The number of nitrogens with zero attached hydrogens (tertiary/aromatic N) is 5. The minimum absolute atomic E-state index is 0.160. The molecular formula is C25H25Cl2N7O4. The summed E-state index contributed by atoms with van der Waals surface area (Å²) in [4.78, 5) is 31.8. The molecule has 2 aliphatic rings. The van der Waals surface area contributed by atoms with Crippen molar-refractivity contribution < 1.29 is 19.0 Å². The number of methoxy groups -OCH3 is 2. The van der Waals surface area contributed by atoms with Gasteiger partial charge in [-0.25, -0.2) is 19.9 Å². The highest BCUT2D eigenvalue weighted by Crippen LogP contribution is 2.51. The second-order valence-corrected chi connectivity index (χ2v) is 9.36. The molecule has 38 heavy (non-hydrogen) atoms. The molecule has 0 radical (unpaired) electrons. The van der Waals surface area contributed by atoms with Gasteiger partial charge in [0.25, 0.3) is 0 Å². The minimum atomic E-state index is -0.243. The molecule has 2 atom stereocenters. The fraction of sp³-hybridized carbons (Fsp3) is 0.320. The van der Waals surface area contributed by atoms with Crippen molar-refractivity contribution in [3.05, 3.63) is 53.1 Å². The van der Waals surface area contributed by atoms with Gasteiger partial charge in [-0.15, -0.1) is 0 Å². The largest absolute Gasteiger partial charge is 0.495 e. The highest BCUT2D eigenvalue weighted by Gasteiger charge is 2.32. The SMILES string of the molecule is C=CC(=O)N[C@H]1CCOC[C@H]1Nc1ncc2c(n1)-c1cncnc1N(c1c(Cl)c(OC)cc(OC)c1Cl)C2. The van der Waals surface area contributed by atoms with Crippen LogP contribution < -0.4 is 25.0 Å². The van der Waals surface area contributed by atoms with E-state index in [0.717, 1.165) is 5.56 Å². The number of nitrogens with one attached hydrogen (secondary N) is 2. The van der Waals surface area contributed by atoms with Crippen molar-refractivity contribution in [1.82, 2.24) is 25.3 Å². The Labute approximate surface area is 229 Å². The molecule has 2 aliphatic heterocycles. The van der Waals surface area contributed by atoms with Gasteiger partial charge in [-0.2, -0.15) is 0 Å². The van der Waals surface area contributed by atoms with Crippen LogP contribution in [0.25, 0.3) is 11.3 Å². The van der Waals surface area contributed by atoms with E-state index in [-0.39, 0.29) is 18.0 Å². The smallest absolute Gasteiger partial charge is 0.243 e. The Morgan fingerprint density at radius 1 is 1.18 bits per heavy atom. The summed E-state index contributed by atoms with van der Waals surface area (Å²) >= 11 is 13.4. The van der Waals surface area contributed by atoms with Crippen LogP contribution in [0.1, 0.15) is 12.0 Å². The Balaban J connectivity index is 1.51. The van der Waals surface area contributed by atoms with Gasteiger partial charge < -0.3 is 29.7 Å². The highest BCUT2D eigenvalue weighted by atomic mass is 35.5. The molecule has 1 saturated heterocycles. The number of hydrogen-bond acceptors (Lipinski definition) is 10. The van der Waals surface area contributed by atoms with Crippen LogP contribution in [0.4, 0.5) is 17.5 Å². The molecule has 2 aromatic heterocycles. The van der Waals surface area contributed by atoms with Crippen molar-refractivity contribution in [2.75, 3.05) is 37.7 Å². The molecule has 2 N–H and O–H groups in total. The highest BCUT2D eigenvalue weighted by molar-refractivity contribution is 6.41. The van der Waals surface area contributed by atoms with E-state index in [2.05, 4.69) is 32.2 Å². The minimum Gasteiger partial charge on any atom is -0.495 e. The summed E-state index contributed by atoms with van der Waals surface area (Å²) in [6.45, 7) is 4.80. The summed E-state index contributed by atoms with van der Waals surface area (Å²) in [6.07, 6.45) is 6.76. The molecule has 0 bridgehead atoms. The molecule has 1 amide bonds. The van der Waals surface area contributed by atoms with Gasteiger partial charge in [0, 0.05) is 30.6 Å². The maximum absolute atomic E-state index is 11.9. The van der Waals surface area contributed by atoms with Crippen LogP contribution in [0.3, 0.4) is 0 Å². The molecule has 1 aromatic carbocycles. The predicted molar refractivity (Wildman–Crippen MR) is 143 cm³/mol. The molecule has 198 valence electrons.